The highest BCUT2D eigenvalue weighted by Gasteiger charge is 2.05. The normalized spacial score (nSPS) is 10.4. The minimum atomic E-state index is -0.397. The molecule has 0 spiro atoms. The molecule has 3 N–H and O–H groups in total. The van der Waals surface area contributed by atoms with Gasteiger partial charge in [-0.1, -0.05) is 24.1 Å². The quantitative estimate of drug-likeness (QED) is 0.750. The first-order valence-corrected chi connectivity index (χ1v) is 6.42. The minimum Gasteiger partial charge on any atom is -0.352 e. The highest BCUT2D eigenvalue weighted by atomic mass is 35.5. The van der Waals surface area contributed by atoms with Gasteiger partial charge in [-0.3, -0.25) is 4.79 Å². The predicted molar refractivity (Wildman–Crippen MR) is 70.8 cm³/mol. The van der Waals surface area contributed by atoms with E-state index in [4.69, 9.17) is 17.3 Å². The van der Waals surface area contributed by atoms with Crippen molar-refractivity contribution in [3.8, 4) is 0 Å². The molecule has 1 amide bonds. The maximum absolute atomic E-state index is 13.4. The van der Waals surface area contributed by atoms with Gasteiger partial charge in [0.05, 0.1) is 0 Å². The van der Waals surface area contributed by atoms with E-state index in [9.17, 15) is 9.18 Å². The minimum absolute atomic E-state index is 0.0682. The van der Waals surface area contributed by atoms with Gasteiger partial charge in [-0.25, -0.2) is 4.39 Å². The second kappa shape index (κ2) is 8.06. The number of halogens is 2. The number of nitrogens with one attached hydrogen (secondary N) is 1. The standard InChI is InChI=1S/C13H18ClFN2O/c14-11-6-5-10(12(15)8-11)9-17-13(18)4-2-1-3-7-16/h5-6,8H,1-4,7,9,16H2,(H,17,18). The van der Waals surface area contributed by atoms with Crippen LogP contribution in [0.25, 0.3) is 0 Å². The topological polar surface area (TPSA) is 55.1 Å². The van der Waals surface area contributed by atoms with E-state index in [-0.39, 0.29) is 12.5 Å². The second-order valence-electron chi connectivity index (χ2n) is 4.11. The van der Waals surface area contributed by atoms with Gasteiger partial charge >= 0.3 is 0 Å². The van der Waals surface area contributed by atoms with E-state index in [1.54, 1.807) is 12.1 Å². The Balaban J connectivity index is 2.29. The van der Waals surface area contributed by atoms with E-state index < -0.39 is 5.82 Å². The molecule has 0 aromatic heterocycles. The van der Waals surface area contributed by atoms with Crippen LogP contribution in [0.15, 0.2) is 18.2 Å². The van der Waals surface area contributed by atoms with Crippen LogP contribution in [0.2, 0.25) is 5.02 Å². The van der Waals surface area contributed by atoms with Crippen LogP contribution < -0.4 is 11.1 Å². The Morgan fingerprint density at radius 3 is 2.78 bits per heavy atom. The molecule has 0 aliphatic rings. The summed E-state index contributed by atoms with van der Waals surface area (Å²) in [7, 11) is 0. The maximum atomic E-state index is 13.4. The number of amides is 1. The number of hydrogen-bond donors (Lipinski definition) is 2. The van der Waals surface area contributed by atoms with E-state index in [0.29, 0.717) is 23.6 Å². The zero-order chi connectivity index (χ0) is 13.4. The number of carbonyl (C=O) groups is 1. The van der Waals surface area contributed by atoms with E-state index in [0.717, 1.165) is 19.3 Å². The molecule has 1 aromatic rings. The third-order valence-corrected chi connectivity index (χ3v) is 2.83. The molecule has 1 rings (SSSR count). The highest BCUT2D eigenvalue weighted by molar-refractivity contribution is 6.30. The van der Waals surface area contributed by atoms with Crippen LogP contribution in [-0.2, 0) is 11.3 Å². The summed E-state index contributed by atoms with van der Waals surface area (Å²) < 4.78 is 13.4. The van der Waals surface area contributed by atoms with Crippen molar-refractivity contribution in [2.24, 2.45) is 5.73 Å². The van der Waals surface area contributed by atoms with Crippen LogP contribution in [0, 0.1) is 5.82 Å². The second-order valence-corrected chi connectivity index (χ2v) is 4.55. The molecule has 3 nitrogen and oxygen atoms in total. The lowest BCUT2D eigenvalue weighted by molar-refractivity contribution is -0.121. The Labute approximate surface area is 112 Å². The molecule has 100 valence electrons. The Morgan fingerprint density at radius 1 is 1.33 bits per heavy atom. The molecule has 0 radical (unpaired) electrons. The van der Waals surface area contributed by atoms with E-state index in [2.05, 4.69) is 5.32 Å². The lowest BCUT2D eigenvalue weighted by Crippen LogP contribution is -2.22. The molecule has 18 heavy (non-hydrogen) atoms. The summed E-state index contributed by atoms with van der Waals surface area (Å²) in [6, 6.07) is 4.42. The van der Waals surface area contributed by atoms with Gasteiger partial charge in [0.1, 0.15) is 5.82 Å². The predicted octanol–water partition coefficient (Wildman–Crippen LogP) is 2.61. The number of nitrogens with two attached hydrogens (primary N) is 1. The number of rotatable bonds is 7. The summed E-state index contributed by atoms with van der Waals surface area (Å²) >= 11 is 5.64. The Kier molecular flexibility index (Phi) is 6.68. The summed E-state index contributed by atoms with van der Waals surface area (Å²) in [4.78, 5) is 11.5. The van der Waals surface area contributed by atoms with Gasteiger partial charge < -0.3 is 11.1 Å². The molecular formula is C13H18ClFN2O. The van der Waals surface area contributed by atoms with Crippen molar-refractivity contribution in [3.63, 3.8) is 0 Å². The highest BCUT2D eigenvalue weighted by Crippen LogP contribution is 2.14. The van der Waals surface area contributed by atoms with Crippen molar-refractivity contribution in [2.45, 2.75) is 32.2 Å². The van der Waals surface area contributed by atoms with Gasteiger partial charge in [0.15, 0.2) is 0 Å². The van der Waals surface area contributed by atoms with Crippen molar-refractivity contribution in [3.05, 3.63) is 34.6 Å². The first-order chi connectivity index (χ1) is 8.63. The Hall–Kier alpha value is -1.13. The van der Waals surface area contributed by atoms with Crippen LogP contribution in [0.4, 0.5) is 4.39 Å². The third kappa shape index (κ3) is 5.47. The van der Waals surface area contributed by atoms with Gasteiger partial charge in [-0.2, -0.15) is 0 Å². The molecule has 0 aliphatic heterocycles. The fourth-order valence-corrected chi connectivity index (χ4v) is 1.71. The average Bonchev–Trinajstić information content (AvgIpc) is 2.33. The Bertz CT molecular complexity index is 399. The molecule has 5 heteroatoms. The van der Waals surface area contributed by atoms with Crippen molar-refractivity contribution in [1.29, 1.82) is 0 Å². The van der Waals surface area contributed by atoms with E-state index in [1.165, 1.54) is 6.07 Å². The van der Waals surface area contributed by atoms with Crippen LogP contribution >= 0.6 is 11.6 Å². The van der Waals surface area contributed by atoms with Crippen molar-refractivity contribution < 1.29 is 9.18 Å². The Morgan fingerprint density at radius 2 is 2.11 bits per heavy atom. The zero-order valence-electron chi connectivity index (χ0n) is 10.2. The smallest absolute Gasteiger partial charge is 0.220 e. The summed E-state index contributed by atoms with van der Waals surface area (Å²) in [6.45, 7) is 0.844. The van der Waals surface area contributed by atoms with Crippen molar-refractivity contribution in [1.82, 2.24) is 5.32 Å². The summed E-state index contributed by atoms with van der Waals surface area (Å²) in [6.07, 6.45) is 3.14. The fourth-order valence-electron chi connectivity index (χ4n) is 1.55. The first-order valence-electron chi connectivity index (χ1n) is 6.04. The maximum Gasteiger partial charge on any atom is 0.220 e. The van der Waals surface area contributed by atoms with Gasteiger partial charge in [-0.15, -0.1) is 0 Å². The number of unbranched alkanes of at least 4 members (excludes halogenated alkanes) is 2. The van der Waals surface area contributed by atoms with E-state index >= 15 is 0 Å². The van der Waals surface area contributed by atoms with Gasteiger partial charge in [0, 0.05) is 23.6 Å². The molecular weight excluding hydrogens is 255 g/mol. The first kappa shape index (κ1) is 14.9. The largest absolute Gasteiger partial charge is 0.352 e. The van der Waals surface area contributed by atoms with Gasteiger partial charge in [-0.05, 0) is 31.5 Å². The van der Waals surface area contributed by atoms with Crippen LogP contribution in [0.5, 0.6) is 0 Å². The fraction of sp³-hybridized carbons (Fsp3) is 0.462. The third-order valence-electron chi connectivity index (χ3n) is 2.60. The van der Waals surface area contributed by atoms with Crippen LogP contribution in [0.3, 0.4) is 0 Å². The number of carbonyl (C=O) groups excluding carboxylic acids is 1. The van der Waals surface area contributed by atoms with Crippen LogP contribution in [0.1, 0.15) is 31.2 Å². The molecule has 0 fully saturated rings. The average molecular weight is 273 g/mol. The summed E-state index contributed by atoms with van der Waals surface area (Å²) in [5, 5.41) is 3.03. The SMILES string of the molecule is NCCCCCC(=O)NCc1ccc(Cl)cc1F. The summed E-state index contributed by atoms with van der Waals surface area (Å²) in [5.41, 5.74) is 5.80. The molecule has 0 heterocycles. The number of hydrogen-bond acceptors (Lipinski definition) is 2. The lowest BCUT2D eigenvalue weighted by Gasteiger charge is -2.06. The molecule has 0 atom stereocenters. The zero-order valence-corrected chi connectivity index (χ0v) is 11.0. The van der Waals surface area contributed by atoms with Crippen molar-refractivity contribution >= 4 is 17.5 Å². The van der Waals surface area contributed by atoms with Crippen LogP contribution in [-0.4, -0.2) is 12.5 Å². The molecule has 0 saturated carbocycles. The molecule has 1 aromatic carbocycles. The summed E-state index contributed by atoms with van der Waals surface area (Å²) in [5.74, 6) is -0.465. The van der Waals surface area contributed by atoms with Gasteiger partial charge in [0.2, 0.25) is 5.91 Å². The number of benzene rings is 1. The van der Waals surface area contributed by atoms with Crippen molar-refractivity contribution in [2.75, 3.05) is 6.54 Å². The molecule has 0 bridgehead atoms. The van der Waals surface area contributed by atoms with E-state index in [1.807, 2.05) is 0 Å². The lowest BCUT2D eigenvalue weighted by atomic mass is 10.1. The monoisotopic (exact) mass is 272 g/mol. The molecule has 0 unspecified atom stereocenters. The molecule has 0 aliphatic carbocycles. The van der Waals surface area contributed by atoms with Gasteiger partial charge in [0.25, 0.3) is 0 Å². The molecule has 0 saturated heterocycles.